The number of benzene rings is 1. The Kier molecular flexibility index (Phi) is 4.95. The van der Waals surface area contributed by atoms with Gasteiger partial charge in [-0.3, -0.25) is 4.79 Å². The van der Waals surface area contributed by atoms with Crippen molar-refractivity contribution >= 4 is 44.5 Å². The van der Waals surface area contributed by atoms with E-state index < -0.39 is 0 Å². The molecule has 0 aliphatic heterocycles. The highest BCUT2D eigenvalue weighted by molar-refractivity contribution is 9.10. The number of esters is 1. The summed E-state index contributed by atoms with van der Waals surface area (Å²) >= 11 is 10.1. The third-order valence-electron chi connectivity index (χ3n) is 7.11. The number of ether oxygens (including phenoxy) is 1. The molecule has 0 unspecified atom stereocenters. The van der Waals surface area contributed by atoms with Gasteiger partial charge in [0, 0.05) is 15.9 Å². The Morgan fingerprint density at radius 1 is 1.31 bits per heavy atom. The second-order valence-corrected chi connectivity index (χ2v) is 11.6. The van der Waals surface area contributed by atoms with Crippen LogP contribution in [-0.4, -0.2) is 31.6 Å². The number of halogens is 2. The van der Waals surface area contributed by atoms with E-state index in [-0.39, 0.29) is 28.9 Å². The topological polar surface area (TPSA) is 64.3 Å². The molecule has 1 N–H and O–H groups in total. The van der Waals surface area contributed by atoms with Crippen LogP contribution < -0.4 is 0 Å². The summed E-state index contributed by atoms with van der Waals surface area (Å²) in [5.41, 5.74) is 1.74. The van der Waals surface area contributed by atoms with Gasteiger partial charge in [0.05, 0.1) is 24.1 Å². The Hall–Kier alpha value is -1.11. The number of imidazole rings is 1. The number of alkyl halides is 1. The Morgan fingerprint density at radius 2 is 2.07 bits per heavy atom. The van der Waals surface area contributed by atoms with Gasteiger partial charge in [-0.1, -0.05) is 27.5 Å². The molecule has 4 saturated carbocycles. The van der Waals surface area contributed by atoms with Crippen LogP contribution in [0.15, 0.2) is 18.2 Å². The molecule has 1 aromatic carbocycles. The highest BCUT2D eigenvalue weighted by Gasteiger charge is 2.57. The van der Waals surface area contributed by atoms with Gasteiger partial charge in [0.25, 0.3) is 0 Å². The Balaban J connectivity index is 1.29. The van der Waals surface area contributed by atoms with Crippen molar-refractivity contribution in [2.45, 2.75) is 62.4 Å². The summed E-state index contributed by atoms with van der Waals surface area (Å²) in [6.07, 6.45) is 7.75. The Morgan fingerprint density at radius 3 is 2.76 bits per heavy atom. The number of carbonyl (C=O) groups excluding carboxylic acids is 1. The molecule has 156 valence electrons. The largest absolute Gasteiger partial charge is 0.457 e. The lowest BCUT2D eigenvalue weighted by Gasteiger charge is -2.60. The number of aliphatic hydroxyl groups excluding tert-OH is 1. The van der Waals surface area contributed by atoms with Crippen molar-refractivity contribution in [3.05, 3.63) is 29.0 Å². The average molecular weight is 482 g/mol. The summed E-state index contributed by atoms with van der Waals surface area (Å²) < 4.78 is 7.82. The molecular weight excluding hydrogens is 456 g/mol. The second kappa shape index (κ2) is 7.24. The predicted octanol–water partition coefficient (Wildman–Crippen LogP) is 4.85. The first kappa shape index (κ1) is 19.8. The first-order valence-electron chi connectivity index (χ1n) is 10.5. The van der Waals surface area contributed by atoms with Gasteiger partial charge in [0.1, 0.15) is 12.4 Å². The van der Waals surface area contributed by atoms with Crippen LogP contribution >= 0.6 is 27.5 Å². The molecule has 4 aliphatic carbocycles. The minimum atomic E-state index is -0.135. The van der Waals surface area contributed by atoms with E-state index in [1.807, 2.05) is 16.7 Å². The first-order chi connectivity index (χ1) is 13.9. The van der Waals surface area contributed by atoms with Crippen LogP contribution in [0.1, 0.15) is 50.8 Å². The summed E-state index contributed by atoms with van der Waals surface area (Å²) in [5.74, 6) is 2.01. The summed E-state index contributed by atoms with van der Waals surface area (Å²) in [7, 11) is 0. The van der Waals surface area contributed by atoms with Crippen LogP contribution in [0.25, 0.3) is 11.0 Å². The quantitative estimate of drug-likeness (QED) is 0.473. The molecule has 0 saturated heterocycles. The maximum absolute atomic E-state index is 12.8. The second-order valence-electron chi connectivity index (χ2n) is 9.49. The molecule has 5 nitrogen and oxygen atoms in total. The molecule has 0 spiro atoms. The van der Waals surface area contributed by atoms with Crippen LogP contribution in [-0.2, 0) is 22.7 Å². The van der Waals surface area contributed by atoms with E-state index in [1.54, 1.807) is 6.07 Å². The number of aliphatic hydroxyl groups is 1. The minimum Gasteiger partial charge on any atom is -0.457 e. The van der Waals surface area contributed by atoms with Crippen LogP contribution in [0.2, 0.25) is 5.02 Å². The van der Waals surface area contributed by atoms with Crippen LogP contribution in [0.4, 0.5) is 0 Å². The zero-order valence-electron chi connectivity index (χ0n) is 16.4. The van der Waals surface area contributed by atoms with Gasteiger partial charge < -0.3 is 14.4 Å². The minimum absolute atomic E-state index is 0.0157. The summed E-state index contributed by atoms with van der Waals surface area (Å²) in [4.78, 5) is 17.4. The zero-order chi connectivity index (χ0) is 20.2. The molecule has 1 heterocycles. The third kappa shape index (κ3) is 3.72. The van der Waals surface area contributed by atoms with E-state index in [1.165, 1.54) is 19.3 Å². The Bertz CT molecular complexity index is 945. The zero-order valence-corrected chi connectivity index (χ0v) is 18.7. The summed E-state index contributed by atoms with van der Waals surface area (Å²) in [5, 5.41) is 10.1. The van der Waals surface area contributed by atoms with E-state index >= 15 is 0 Å². The lowest BCUT2D eigenvalue weighted by atomic mass is 9.49. The van der Waals surface area contributed by atoms with Crippen molar-refractivity contribution < 1.29 is 14.6 Å². The lowest BCUT2D eigenvalue weighted by molar-refractivity contribution is -0.152. The molecule has 6 rings (SSSR count). The normalized spacial score (nSPS) is 32.8. The standard InChI is InChI=1S/C22H26BrClN2O3/c23-22-9-14-5-15(10-22)8-21(7-14,13-22)11-20(28)29-12-19-25-17-2-1-16(24)6-18(17)26(19)3-4-27/h1-2,6,14-15,27H,3-5,7-13H2/t14-,15-,21?,22?/m1/s1. The summed E-state index contributed by atoms with van der Waals surface area (Å²) in [6.45, 7) is 0.495. The van der Waals surface area contributed by atoms with Crippen molar-refractivity contribution in [2.75, 3.05) is 6.61 Å². The molecular formula is C22H26BrClN2O3. The molecule has 1 aromatic heterocycles. The van der Waals surface area contributed by atoms with Crippen LogP contribution in [0.3, 0.4) is 0 Å². The molecule has 7 heteroatoms. The van der Waals surface area contributed by atoms with Gasteiger partial charge in [0.15, 0.2) is 0 Å². The lowest BCUT2D eigenvalue weighted by Crippen LogP contribution is -2.53. The molecule has 0 amide bonds. The van der Waals surface area contributed by atoms with E-state index in [0.29, 0.717) is 23.8 Å². The van der Waals surface area contributed by atoms with E-state index in [2.05, 4.69) is 20.9 Å². The molecule has 2 aromatic rings. The van der Waals surface area contributed by atoms with Crippen molar-refractivity contribution in [3.63, 3.8) is 0 Å². The van der Waals surface area contributed by atoms with Crippen molar-refractivity contribution in [3.8, 4) is 0 Å². The van der Waals surface area contributed by atoms with Crippen LogP contribution in [0, 0.1) is 17.3 Å². The van der Waals surface area contributed by atoms with E-state index in [9.17, 15) is 9.90 Å². The number of rotatable bonds is 6. The van der Waals surface area contributed by atoms with Gasteiger partial charge >= 0.3 is 5.97 Å². The summed E-state index contributed by atoms with van der Waals surface area (Å²) in [6, 6.07) is 5.47. The smallest absolute Gasteiger partial charge is 0.306 e. The Labute approximate surface area is 183 Å². The van der Waals surface area contributed by atoms with Gasteiger partial charge in [-0.25, -0.2) is 4.98 Å². The van der Waals surface area contributed by atoms with E-state index in [0.717, 1.165) is 42.1 Å². The van der Waals surface area contributed by atoms with Gasteiger partial charge in [0.2, 0.25) is 0 Å². The van der Waals surface area contributed by atoms with Crippen LogP contribution in [0.5, 0.6) is 0 Å². The fraction of sp³-hybridized carbons (Fsp3) is 0.636. The van der Waals surface area contributed by atoms with Crippen molar-refractivity contribution in [1.82, 2.24) is 9.55 Å². The van der Waals surface area contributed by atoms with Crippen molar-refractivity contribution in [1.29, 1.82) is 0 Å². The highest BCUT2D eigenvalue weighted by atomic mass is 79.9. The maximum Gasteiger partial charge on any atom is 0.306 e. The predicted molar refractivity (Wildman–Crippen MR) is 115 cm³/mol. The van der Waals surface area contributed by atoms with E-state index in [4.69, 9.17) is 16.3 Å². The number of hydrogen-bond acceptors (Lipinski definition) is 4. The number of carbonyl (C=O) groups is 1. The number of aromatic nitrogens is 2. The maximum atomic E-state index is 12.8. The molecule has 4 fully saturated rings. The van der Waals surface area contributed by atoms with Gasteiger partial charge in [-0.2, -0.15) is 0 Å². The molecule has 2 atom stereocenters. The highest BCUT2D eigenvalue weighted by Crippen LogP contribution is 2.65. The average Bonchev–Trinajstić information content (AvgIpc) is 2.95. The van der Waals surface area contributed by atoms with Crippen molar-refractivity contribution in [2.24, 2.45) is 17.3 Å². The molecule has 4 aliphatic rings. The third-order valence-corrected chi connectivity index (χ3v) is 8.27. The fourth-order valence-electron chi connectivity index (χ4n) is 6.65. The SMILES string of the molecule is O=C(CC12C[C@H]3C[C@@H](CC(Br)(C3)C1)C2)OCc1nc2ccc(Cl)cc2n1CCO. The molecule has 4 bridgehead atoms. The molecule has 29 heavy (non-hydrogen) atoms. The number of hydrogen-bond donors (Lipinski definition) is 1. The van der Waals surface area contributed by atoms with Gasteiger partial charge in [-0.05, 0) is 74.0 Å². The van der Waals surface area contributed by atoms with Gasteiger partial charge in [-0.15, -0.1) is 0 Å². The monoisotopic (exact) mass is 480 g/mol. The number of nitrogens with zero attached hydrogens (tertiary/aromatic N) is 2. The molecule has 0 radical (unpaired) electrons. The fourth-order valence-corrected chi connectivity index (χ4v) is 8.33. The first-order valence-corrected chi connectivity index (χ1v) is 11.6. The number of fused-ring (bicyclic) bond motifs is 1.